The second kappa shape index (κ2) is 7.90. The first kappa shape index (κ1) is 19.5. The molecule has 4 heterocycles. The number of carbonyl (C=O) groups is 1. The van der Waals surface area contributed by atoms with Gasteiger partial charge in [0.05, 0.1) is 3.79 Å². The molecule has 1 fully saturated rings. The lowest BCUT2D eigenvalue weighted by Gasteiger charge is -2.22. The third kappa shape index (κ3) is 3.71. The zero-order valence-corrected chi connectivity index (χ0v) is 18.0. The minimum absolute atomic E-state index is 0.244. The minimum atomic E-state index is -3.67. The predicted octanol–water partition coefficient (Wildman–Crippen LogP) is 2.07. The molecule has 1 saturated heterocycles. The molecule has 1 aliphatic rings. The van der Waals surface area contributed by atoms with Gasteiger partial charge in [-0.1, -0.05) is 6.07 Å². The summed E-state index contributed by atoms with van der Waals surface area (Å²) in [5, 5.41) is 11.1. The van der Waals surface area contributed by atoms with E-state index in [1.165, 1.54) is 4.31 Å². The number of thiophene rings is 1. The molecule has 0 radical (unpaired) electrons. The molecule has 1 atom stereocenters. The number of fused-ring (bicyclic) bond motifs is 1. The zero-order chi connectivity index (χ0) is 19.7. The number of nitrogens with zero attached hydrogens (tertiary/aromatic N) is 4. The van der Waals surface area contributed by atoms with Crippen LogP contribution in [0.4, 0.5) is 0 Å². The van der Waals surface area contributed by atoms with Crippen molar-refractivity contribution in [3.8, 4) is 0 Å². The normalized spacial score (nSPS) is 18.0. The summed E-state index contributed by atoms with van der Waals surface area (Å²) in [6, 6.07) is 8.22. The Morgan fingerprint density at radius 2 is 2.14 bits per heavy atom. The Balaban J connectivity index is 1.41. The SMILES string of the molecule is O=C(NCCc1nnc2ccccn12)C1CCCN1S(=O)(=O)c1ccc(Br)s1. The highest BCUT2D eigenvalue weighted by molar-refractivity contribution is 9.11. The smallest absolute Gasteiger partial charge is 0.253 e. The van der Waals surface area contributed by atoms with Crippen LogP contribution in [-0.4, -0.2) is 52.4 Å². The Morgan fingerprint density at radius 1 is 1.29 bits per heavy atom. The van der Waals surface area contributed by atoms with Gasteiger partial charge in [-0.25, -0.2) is 8.42 Å². The number of sulfonamides is 1. The first-order chi connectivity index (χ1) is 13.5. The lowest BCUT2D eigenvalue weighted by molar-refractivity contribution is -0.124. The topological polar surface area (TPSA) is 96.7 Å². The molecule has 1 amide bonds. The van der Waals surface area contributed by atoms with Crippen LogP contribution in [0, 0.1) is 0 Å². The molecule has 0 aromatic carbocycles. The molecule has 0 bridgehead atoms. The predicted molar refractivity (Wildman–Crippen MR) is 109 cm³/mol. The van der Waals surface area contributed by atoms with Crippen LogP contribution in [0.2, 0.25) is 0 Å². The van der Waals surface area contributed by atoms with E-state index in [1.54, 1.807) is 12.1 Å². The Kier molecular flexibility index (Phi) is 5.50. The highest BCUT2D eigenvalue weighted by Gasteiger charge is 2.39. The lowest BCUT2D eigenvalue weighted by Crippen LogP contribution is -2.46. The van der Waals surface area contributed by atoms with E-state index in [-0.39, 0.29) is 10.1 Å². The van der Waals surface area contributed by atoms with Gasteiger partial charge < -0.3 is 5.32 Å². The van der Waals surface area contributed by atoms with E-state index in [2.05, 4.69) is 31.4 Å². The van der Waals surface area contributed by atoms with Gasteiger partial charge in [0.2, 0.25) is 5.91 Å². The molecule has 1 aliphatic heterocycles. The van der Waals surface area contributed by atoms with Crippen molar-refractivity contribution in [2.75, 3.05) is 13.1 Å². The summed E-state index contributed by atoms with van der Waals surface area (Å²) in [4.78, 5) is 12.7. The minimum Gasteiger partial charge on any atom is -0.354 e. The molecular formula is C17H18BrN5O3S2. The van der Waals surface area contributed by atoms with Crippen molar-refractivity contribution in [2.24, 2.45) is 0 Å². The maximum atomic E-state index is 12.9. The van der Waals surface area contributed by atoms with Crippen molar-refractivity contribution in [3.63, 3.8) is 0 Å². The molecule has 4 rings (SSSR count). The van der Waals surface area contributed by atoms with Gasteiger partial charge in [0, 0.05) is 25.7 Å². The number of amides is 1. The molecule has 3 aromatic rings. The summed E-state index contributed by atoms with van der Waals surface area (Å²) in [6.45, 7) is 0.716. The molecule has 28 heavy (non-hydrogen) atoms. The number of aromatic nitrogens is 3. The number of halogens is 1. The number of hydrogen-bond acceptors (Lipinski definition) is 6. The average Bonchev–Trinajstić information content (AvgIpc) is 3.41. The fraction of sp³-hybridized carbons (Fsp3) is 0.353. The van der Waals surface area contributed by atoms with Crippen molar-refractivity contribution in [1.82, 2.24) is 24.2 Å². The molecule has 0 spiro atoms. The second-order valence-corrected chi connectivity index (χ2v) is 11.0. The van der Waals surface area contributed by atoms with Gasteiger partial charge in [-0.05, 0) is 53.0 Å². The summed E-state index contributed by atoms with van der Waals surface area (Å²) in [7, 11) is -3.67. The third-order valence-electron chi connectivity index (χ3n) is 4.65. The Morgan fingerprint density at radius 3 is 2.93 bits per heavy atom. The summed E-state index contributed by atoms with van der Waals surface area (Å²) >= 11 is 4.44. The summed E-state index contributed by atoms with van der Waals surface area (Å²) in [5.74, 6) is 0.473. The van der Waals surface area contributed by atoms with E-state index in [1.807, 2.05) is 28.8 Å². The third-order valence-corrected chi connectivity index (χ3v) is 8.65. The van der Waals surface area contributed by atoms with E-state index < -0.39 is 16.1 Å². The maximum absolute atomic E-state index is 12.9. The molecular weight excluding hydrogens is 466 g/mol. The number of pyridine rings is 1. The van der Waals surface area contributed by atoms with Crippen LogP contribution in [-0.2, 0) is 21.2 Å². The second-order valence-electron chi connectivity index (χ2n) is 6.42. The van der Waals surface area contributed by atoms with Crippen molar-refractivity contribution in [1.29, 1.82) is 0 Å². The fourth-order valence-corrected chi connectivity index (χ4v) is 7.11. The van der Waals surface area contributed by atoms with Gasteiger partial charge >= 0.3 is 0 Å². The molecule has 3 aromatic heterocycles. The first-order valence-electron chi connectivity index (χ1n) is 8.80. The van der Waals surface area contributed by atoms with E-state index in [0.29, 0.717) is 32.4 Å². The van der Waals surface area contributed by atoms with Crippen LogP contribution in [0.25, 0.3) is 5.65 Å². The number of nitrogens with one attached hydrogen (secondary N) is 1. The van der Waals surface area contributed by atoms with Crippen LogP contribution in [0.1, 0.15) is 18.7 Å². The quantitative estimate of drug-likeness (QED) is 0.578. The maximum Gasteiger partial charge on any atom is 0.253 e. The van der Waals surface area contributed by atoms with Crippen LogP contribution in [0.3, 0.4) is 0 Å². The number of rotatable bonds is 6. The van der Waals surface area contributed by atoms with Crippen molar-refractivity contribution < 1.29 is 13.2 Å². The van der Waals surface area contributed by atoms with E-state index >= 15 is 0 Å². The largest absolute Gasteiger partial charge is 0.354 e. The van der Waals surface area contributed by atoms with Gasteiger partial charge in [0.15, 0.2) is 5.65 Å². The van der Waals surface area contributed by atoms with Gasteiger partial charge in [0.1, 0.15) is 16.1 Å². The highest BCUT2D eigenvalue weighted by Crippen LogP contribution is 2.32. The summed E-state index contributed by atoms with van der Waals surface area (Å²) in [5.41, 5.74) is 0.749. The molecule has 0 saturated carbocycles. The molecule has 1 N–H and O–H groups in total. The van der Waals surface area contributed by atoms with Crippen molar-refractivity contribution in [2.45, 2.75) is 29.5 Å². The monoisotopic (exact) mass is 483 g/mol. The number of carbonyl (C=O) groups excluding carboxylic acids is 1. The van der Waals surface area contributed by atoms with E-state index in [4.69, 9.17) is 0 Å². The van der Waals surface area contributed by atoms with Crippen molar-refractivity contribution in [3.05, 3.63) is 46.1 Å². The molecule has 0 aliphatic carbocycles. The van der Waals surface area contributed by atoms with E-state index in [9.17, 15) is 13.2 Å². The summed E-state index contributed by atoms with van der Waals surface area (Å²) < 4.78 is 29.9. The highest BCUT2D eigenvalue weighted by atomic mass is 79.9. The van der Waals surface area contributed by atoms with Crippen LogP contribution < -0.4 is 5.32 Å². The first-order valence-corrected chi connectivity index (χ1v) is 11.9. The zero-order valence-electron chi connectivity index (χ0n) is 14.8. The standard InChI is InChI=1S/C17H18BrN5O3S2/c18-13-6-7-16(27-13)28(25,26)23-11-3-4-12(23)17(24)19-9-8-15-21-20-14-5-1-2-10-22(14)15/h1-2,5-7,10,12H,3-4,8-9,11H2,(H,19,24). The van der Waals surface area contributed by atoms with Gasteiger partial charge in [-0.2, -0.15) is 4.31 Å². The summed E-state index contributed by atoms with van der Waals surface area (Å²) in [6.07, 6.45) is 3.56. The molecule has 1 unspecified atom stereocenters. The average molecular weight is 484 g/mol. The van der Waals surface area contributed by atoms with Crippen LogP contribution in [0.15, 0.2) is 44.5 Å². The van der Waals surface area contributed by atoms with Gasteiger partial charge in [-0.3, -0.25) is 9.20 Å². The van der Waals surface area contributed by atoms with Gasteiger partial charge in [0.25, 0.3) is 10.0 Å². The van der Waals surface area contributed by atoms with Crippen molar-refractivity contribution >= 4 is 48.8 Å². The molecule has 11 heteroatoms. The Bertz CT molecular complexity index is 1110. The Hall–Kier alpha value is -1.82. The van der Waals surface area contributed by atoms with Gasteiger partial charge in [-0.15, -0.1) is 21.5 Å². The van der Waals surface area contributed by atoms with Crippen LogP contribution >= 0.6 is 27.3 Å². The lowest BCUT2D eigenvalue weighted by atomic mass is 10.2. The fourth-order valence-electron chi connectivity index (χ4n) is 3.32. The van der Waals surface area contributed by atoms with E-state index in [0.717, 1.165) is 26.6 Å². The Labute approximate surface area is 174 Å². The van der Waals surface area contributed by atoms with Crippen LogP contribution in [0.5, 0.6) is 0 Å². The number of hydrogen-bond donors (Lipinski definition) is 1. The molecule has 148 valence electrons. The molecule has 8 nitrogen and oxygen atoms in total.